The number of nitrogens with zero attached hydrogens (tertiary/aromatic N) is 3. The number of rotatable bonds is 5. The van der Waals surface area contributed by atoms with Crippen molar-refractivity contribution in [3.05, 3.63) is 88.9 Å². The molecule has 0 heterocycles. The molecule has 5 nitrogen and oxygen atoms in total. The van der Waals surface area contributed by atoms with Crippen molar-refractivity contribution in [3.63, 3.8) is 0 Å². The Morgan fingerprint density at radius 1 is 0.885 bits per heavy atom. The molecule has 26 heavy (non-hydrogen) atoms. The van der Waals surface area contributed by atoms with Gasteiger partial charge in [0, 0.05) is 10.0 Å². The van der Waals surface area contributed by atoms with Gasteiger partial charge >= 0.3 is 0 Å². The van der Waals surface area contributed by atoms with Crippen molar-refractivity contribution < 1.29 is 4.74 Å². The summed E-state index contributed by atoms with van der Waals surface area (Å²) in [7, 11) is 1.63. The Hall–Kier alpha value is -2.99. The molecular formula is C20H17BrN4O. The number of nitrogens with one attached hydrogen (secondary N) is 1. The average Bonchev–Trinajstić information content (AvgIpc) is 2.70. The number of amidine groups is 1. The van der Waals surface area contributed by atoms with E-state index >= 15 is 0 Å². The van der Waals surface area contributed by atoms with Crippen LogP contribution in [0.4, 0.5) is 11.4 Å². The van der Waals surface area contributed by atoms with Crippen molar-refractivity contribution in [2.24, 2.45) is 15.3 Å². The standard InChI is InChI=1S/C20H17BrN4O/c1-26-19-13-7-15(8-14-19)20(24-22-17-5-3-2-4-6-17)25-23-18-11-9-16(21)10-12-18/h2-14,22H,1H3/b24-20-,25-23?. The second-order valence-electron chi connectivity index (χ2n) is 5.32. The molecule has 1 N–H and O–H groups in total. The average molecular weight is 409 g/mol. The van der Waals surface area contributed by atoms with Gasteiger partial charge in [-0.25, -0.2) is 0 Å². The summed E-state index contributed by atoms with van der Waals surface area (Å²) in [5.41, 5.74) is 5.46. The maximum atomic E-state index is 5.20. The Bertz CT molecular complexity index is 891. The SMILES string of the molecule is COc1ccc(/C(N=Nc2ccc(Br)cc2)=N/Nc2ccccc2)cc1. The van der Waals surface area contributed by atoms with Gasteiger partial charge in [-0.3, -0.25) is 5.43 Å². The first-order chi connectivity index (χ1) is 12.7. The summed E-state index contributed by atoms with van der Waals surface area (Å²) in [6.45, 7) is 0. The minimum absolute atomic E-state index is 0.472. The van der Waals surface area contributed by atoms with Crippen LogP contribution in [-0.4, -0.2) is 12.9 Å². The van der Waals surface area contributed by atoms with Crippen LogP contribution in [0.1, 0.15) is 5.56 Å². The Balaban J connectivity index is 1.88. The van der Waals surface area contributed by atoms with Gasteiger partial charge < -0.3 is 4.74 Å². The smallest absolute Gasteiger partial charge is 0.201 e. The second kappa shape index (κ2) is 8.92. The van der Waals surface area contributed by atoms with Gasteiger partial charge in [-0.2, -0.15) is 5.10 Å². The van der Waals surface area contributed by atoms with Crippen LogP contribution in [0.2, 0.25) is 0 Å². The lowest BCUT2D eigenvalue weighted by Gasteiger charge is -2.05. The minimum atomic E-state index is 0.472. The molecule has 0 bridgehead atoms. The fourth-order valence-electron chi connectivity index (χ4n) is 2.13. The quantitative estimate of drug-likeness (QED) is 0.243. The number of benzene rings is 3. The van der Waals surface area contributed by atoms with E-state index in [9.17, 15) is 0 Å². The second-order valence-corrected chi connectivity index (χ2v) is 6.23. The predicted octanol–water partition coefficient (Wildman–Crippen LogP) is 6.02. The van der Waals surface area contributed by atoms with Gasteiger partial charge in [0.15, 0.2) is 0 Å². The van der Waals surface area contributed by atoms with E-state index in [1.165, 1.54) is 0 Å². The van der Waals surface area contributed by atoms with Crippen molar-refractivity contribution in [3.8, 4) is 5.75 Å². The third-order valence-electron chi connectivity index (χ3n) is 3.50. The van der Waals surface area contributed by atoms with Crippen molar-refractivity contribution in [2.45, 2.75) is 0 Å². The number of halogens is 1. The third kappa shape index (κ3) is 5.00. The monoisotopic (exact) mass is 408 g/mol. The Morgan fingerprint density at radius 3 is 2.23 bits per heavy atom. The van der Waals surface area contributed by atoms with Crippen LogP contribution in [0.5, 0.6) is 5.75 Å². The zero-order chi connectivity index (χ0) is 18.2. The van der Waals surface area contributed by atoms with Crippen LogP contribution in [0.25, 0.3) is 0 Å². The van der Waals surface area contributed by atoms with Crippen molar-refractivity contribution in [2.75, 3.05) is 12.5 Å². The highest BCUT2D eigenvalue weighted by Crippen LogP contribution is 2.19. The Morgan fingerprint density at radius 2 is 1.58 bits per heavy atom. The summed E-state index contributed by atoms with van der Waals surface area (Å²) in [6, 6.07) is 24.8. The first-order valence-corrected chi connectivity index (χ1v) is 8.74. The zero-order valence-corrected chi connectivity index (χ0v) is 15.7. The highest BCUT2D eigenvalue weighted by Gasteiger charge is 2.04. The number of ether oxygens (including phenoxy) is 1. The molecule has 0 radical (unpaired) electrons. The molecule has 3 rings (SSSR count). The molecule has 0 aliphatic carbocycles. The summed E-state index contributed by atoms with van der Waals surface area (Å²) in [4.78, 5) is 0. The van der Waals surface area contributed by atoms with Gasteiger partial charge in [-0.05, 0) is 60.7 Å². The molecule has 0 aliphatic heterocycles. The fourth-order valence-corrected chi connectivity index (χ4v) is 2.39. The van der Waals surface area contributed by atoms with E-state index in [1.54, 1.807) is 7.11 Å². The minimum Gasteiger partial charge on any atom is -0.497 e. The van der Waals surface area contributed by atoms with Gasteiger partial charge in [0.05, 0.1) is 18.5 Å². The summed E-state index contributed by atoms with van der Waals surface area (Å²) in [5.74, 6) is 1.24. The van der Waals surface area contributed by atoms with Crippen molar-refractivity contribution >= 4 is 33.1 Å². The number of hydrazone groups is 1. The molecule has 0 aromatic heterocycles. The zero-order valence-electron chi connectivity index (χ0n) is 14.1. The number of hydrogen-bond acceptors (Lipinski definition) is 4. The molecule has 130 valence electrons. The summed E-state index contributed by atoms with van der Waals surface area (Å²) in [5, 5.41) is 13.0. The van der Waals surface area contributed by atoms with E-state index < -0.39 is 0 Å². The van der Waals surface area contributed by atoms with Crippen LogP contribution < -0.4 is 10.2 Å². The fraction of sp³-hybridized carbons (Fsp3) is 0.0500. The first-order valence-electron chi connectivity index (χ1n) is 7.95. The summed E-state index contributed by atoms with van der Waals surface area (Å²) < 4.78 is 6.20. The number of azo groups is 1. The molecule has 3 aromatic rings. The molecule has 0 atom stereocenters. The normalized spacial score (nSPS) is 11.5. The summed E-state index contributed by atoms with van der Waals surface area (Å²) >= 11 is 3.41. The lowest BCUT2D eigenvalue weighted by molar-refractivity contribution is 0.415. The van der Waals surface area contributed by atoms with Crippen LogP contribution in [0.3, 0.4) is 0 Å². The molecule has 0 spiro atoms. The number of hydrogen-bond donors (Lipinski definition) is 1. The number of anilines is 1. The molecular weight excluding hydrogens is 392 g/mol. The van der Waals surface area contributed by atoms with Gasteiger partial charge in [-0.1, -0.05) is 34.1 Å². The van der Waals surface area contributed by atoms with E-state index in [0.717, 1.165) is 27.2 Å². The highest BCUT2D eigenvalue weighted by atomic mass is 79.9. The van der Waals surface area contributed by atoms with Gasteiger partial charge in [0.1, 0.15) is 5.75 Å². The molecule has 0 amide bonds. The number of methoxy groups -OCH3 is 1. The van der Waals surface area contributed by atoms with Crippen LogP contribution in [-0.2, 0) is 0 Å². The molecule has 0 saturated heterocycles. The lowest BCUT2D eigenvalue weighted by Crippen LogP contribution is -2.01. The lowest BCUT2D eigenvalue weighted by atomic mass is 10.2. The largest absolute Gasteiger partial charge is 0.497 e. The first kappa shape index (κ1) is 17.8. The summed E-state index contributed by atoms with van der Waals surface area (Å²) in [6.07, 6.45) is 0. The van der Waals surface area contributed by atoms with Gasteiger partial charge in [-0.15, -0.1) is 10.2 Å². The molecule has 0 unspecified atom stereocenters. The molecule has 6 heteroatoms. The van der Waals surface area contributed by atoms with E-state index in [0.29, 0.717) is 5.84 Å². The van der Waals surface area contributed by atoms with E-state index in [2.05, 4.69) is 36.7 Å². The molecule has 0 saturated carbocycles. The van der Waals surface area contributed by atoms with E-state index in [1.807, 2.05) is 78.9 Å². The molecule has 0 aliphatic rings. The number of para-hydroxylation sites is 1. The highest BCUT2D eigenvalue weighted by molar-refractivity contribution is 9.10. The van der Waals surface area contributed by atoms with Crippen molar-refractivity contribution in [1.82, 2.24) is 0 Å². The molecule has 3 aromatic carbocycles. The molecule has 0 fully saturated rings. The van der Waals surface area contributed by atoms with Crippen LogP contribution in [0, 0.1) is 0 Å². The maximum Gasteiger partial charge on any atom is 0.201 e. The Labute approximate surface area is 160 Å². The van der Waals surface area contributed by atoms with Crippen LogP contribution in [0.15, 0.2) is 98.7 Å². The maximum absolute atomic E-state index is 5.20. The van der Waals surface area contributed by atoms with E-state index in [-0.39, 0.29) is 0 Å². The van der Waals surface area contributed by atoms with Gasteiger partial charge in [0.2, 0.25) is 5.84 Å². The predicted molar refractivity (Wildman–Crippen MR) is 108 cm³/mol. The third-order valence-corrected chi connectivity index (χ3v) is 4.03. The Kier molecular flexibility index (Phi) is 6.11. The van der Waals surface area contributed by atoms with Crippen molar-refractivity contribution in [1.29, 1.82) is 0 Å². The topological polar surface area (TPSA) is 58.3 Å². The van der Waals surface area contributed by atoms with Gasteiger partial charge in [0.25, 0.3) is 0 Å². The van der Waals surface area contributed by atoms with Crippen LogP contribution >= 0.6 is 15.9 Å². The van der Waals surface area contributed by atoms with E-state index in [4.69, 9.17) is 4.74 Å².